The molecule has 0 aromatic carbocycles. The molecule has 0 aliphatic carbocycles. The number of nitrogens with zero attached hydrogens (tertiary/aromatic N) is 1. The van der Waals surface area contributed by atoms with E-state index in [9.17, 15) is 4.79 Å². The highest BCUT2D eigenvalue weighted by atomic mass is 35.5. The number of hydrogen-bond donors (Lipinski definition) is 0. The maximum atomic E-state index is 10.8. The Labute approximate surface area is 85.4 Å². The van der Waals surface area contributed by atoms with Gasteiger partial charge in [0.1, 0.15) is 5.15 Å². The summed E-state index contributed by atoms with van der Waals surface area (Å²) in [6.45, 7) is 0. The van der Waals surface area contributed by atoms with E-state index in [1.807, 2.05) is 6.07 Å². The molecule has 0 unspecified atom stereocenters. The number of pyridine rings is 1. The van der Waals surface area contributed by atoms with Gasteiger partial charge in [0.2, 0.25) is 0 Å². The fourth-order valence-corrected chi connectivity index (χ4v) is 1.70. The Morgan fingerprint density at radius 2 is 2.54 bits per heavy atom. The molecule has 0 aliphatic rings. The van der Waals surface area contributed by atoms with E-state index in [-0.39, 0.29) is 11.7 Å². The van der Waals surface area contributed by atoms with E-state index in [0.29, 0.717) is 5.15 Å². The van der Waals surface area contributed by atoms with E-state index in [4.69, 9.17) is 11.6 Å². The van der Waals surface area contributed by atoms with Gasteiger partial charge in [0, 0.05) is 11.1 Å². The van der Waals surface area contributed by atoms with Crippen LogP contribution in [0, 0.1) is 0 Å². The first-order valence-electron chi connectivity index (χ1n) is 3.54. The zero-order valence-corrected chi connectivity index (χ0v) is 8.56. The summed E-state index contributed by atoms with van der Waals surface area (Å²) in [7, 11) is 1.35. The Hall–Kier alpha value is -0.740. The van der Waals surface area contributed by atoms with E-state index < -0.39 is 0 Å². The van der Waals surface area contributed by atoms with Crippen LogP contribution in [0.5, 0.6) is 0 Å². The molecule has 0 radical (unpaired) electrons. The number of rotatable bonds is 3. The minimum absolute atomic E-state index is 0.252. The summed E-state index contributed by atoms with van der Waals surface area (Å²) in [6, 6.07) is 3.58. The quantitative estimate of drug-likeness (QED) is 0.441. The van der Waals surface area contributed by atoms with Crippen LogP contribution in [0.2, 0.25) is 5.15 Å². The first-order chi connectivity index (χ1) is 6.24. The van der Waals surface area contributed by atoms with Crippen LogP contribution in [0.1, 0.15) is 0 Å². The van der Waals surface area contributed by atoms with Crippen LogP contribution in [0.3, 0.4) is 0 Å². The van der Waals surface area contributed by atoms with Gasteiger partial charge in [-0.05, 0) is 12.1 Å². The van der Waals surface area contributed by atoms with Gasteiger partial charge in [-0.25, -0.2) is 4.98 Å². The lowest BCUT2D eigenvalue weighted by Crippen LogP contribution is -2.02. The summed E-state index contributed by atoms with van der Waals surface area (Å²) in [5.74, 6) is -0.0213. The number of ether oxygens (including phenoxy) is 1. The zero-order chi connectivity index (χ0) is 9.68. The summed E-state index contributed by atoms with van der Waals surface area (Å²) in [5, 5.41) is 0.413. The molecular weight excluding hydrogens is 210 g/mol. The molecule has 3 nitrogen and oxygen atoms in total. The summed E-state index contributed by atoms with van der Waals surface area (Å²) < 4.78 is 4.49. The number of thioether (sulfide) groups is 1. The molecule has 1 aromatic rings. The van der Waals surface area contributed by atoms with Crippen LogP contribution in [0.4, 0.5) is 0 Å². The van der Waals surface area contributed by atoms with Gasteiger partial charge in [0.05, 0.1) is 12.9 Å². The molecule has 0 atom stereocenters. The fourth-order valence-electron chi connectivity index (χ4n) is 0.675. The molecule has 0 aliphatic heterocycles. The number of hydrogen-bond acceptors (Lipinski definition) is 4. The van der Waals surface area contributed by atoms with Crippen molar-refractivity contribution in [3.05, 3.63) is 23.5 Å². The molecular formula is C8H8ClNO2S. The molecule has 0 saturated heterocycles. The molecule has 1 heterocycles. The predicted molar refractivity (Wildman–Crippen MR) is 52.0 cm³/mol. The molecule has 0 N–H and O–H groups in total. The zero-order valence-electron chi connectivity index (χ0n) is 6.99. The van der Waals surface area contributed by atoms with E-state index >= 15 is 0 Å². The van der Waals surface area contributed by atoms with Gasteiger partial charge < -0.3 is 4.74 Å². The van der Waals surface area contributed by atoms with Crippen molar-refractivity contribution in [2.24, 2.45) is 0 Å². The molecule has 0 bridgehead atoms. The second kappa shape index (κ2) is 5.09. The van der Waals surface area contributed by atoms with Crippen LogP contribution >= 0.6 is 23.4 Å². The number of aromatic nitrogens is 1. The van der Waals surface area contributed by atoms with Crippen molar-refractivity contribution in [2.75, 3.05) is 12.9 Å². The Balaban J connectivity index is 2.54. The van der Waals surface area contributed by atoms with Crippen molar-refractivity contribution in [3.8, 4) is 0 Å². The number of esters is 1. The Kier molecular flexibility index (Phi) is 4.05. The second-order valence-corrected chi connectivity index (χ2v) is 3.53. The monoisotopic (exact) mass is 217 g/mol. The summed E-state index contributed by atoms with van der Waals surface area (Å²) in [5.41, 5.74) is 0. The number of halogens is 1. The van der Waals surface area contributed by atoms with Crippen molar-refractivity contribution < 1.29 is 9.53 Å². The predicted octanol–water partition coefficient (Wildman–Crippen LogP) is 2.00. The standard InChI is InChI=1S/C8H8ClNO2S/c1-12-7(11)5-13-6-3-2-4-10-8(6)9/h2-4H,5H2,1H3. The molecule has 0 saturated carbocycles. The van der Waals surface area contributed by atoms with E-state index in [1.165, 1.54) is 18.9 Å². The van der Waals surface area contributed by atoms with Gasteiger partial charge >= 0.3 is 5.97 Å². The lowest BCUT2D eigenvalue weighted by molar-refractivity contribution is -0.137. The van der Waals surface area contributed by atoms with Crippen LogP contribution in [0.25, 0.3) is 0 Å². The summed E-state index contributed by atoms with van der Waals surface area (Å²) >= 11 is 7.08. The molecule has 0 amide bonds. The van der Waals surface area contributed by atoms with Gasteiger partial charge in [-0.3, -0.25) is 4.79 Å². The summed E-state index contributed by atoms with van der Waals surface area (Å²) in [4.78, 5) is 15.5. The highest BCUT2D eigenvalue weighted by molar-refractivity contribution is 8.00. The first-order valence-corrected chi connectivity index (χ1v) is 4.90. The number of carbonyl (C=O) groups is 1. The molecule has 13 heavy (non-hydrogen) atoms. The minimum atomic E-state index is -0.273. The van der Waals surface area contributed by atoms with Crippen molar-refractivity contribution in [2.45, 2.75) is 4.90 Å². The molecule has 70 valence electrons. The van der Waals surface area contributed by atoms with Crippen LogP contribution in [-0.2, 0) is 9.53 Å². The van der Waals surface area contributed by atoms with Gasteiger partial charge in [0.25, 0.3) is 0 Å². The van der Waals surface area contributed by atoms with E-state index in [0.717, 1.165) is 4.90 Å². The Bertz CT molecular complexity index is 306. The maximum absolute atomic E-state index is 10.8. The Morgan fingerprint density at radius 3 is 3.15 bits per heavy atom. The third-order valence-corrected chi connectivity index (χ3v) is 2.73. The first kappa shape index (κ1) is 10.3. The van der Waals surface area contributed by atoms with Crippen LogP contribution in [-0.4, -0.2) is 23.8 Å². The molecule has 0 fully saturated rings. The average Bonchev–Trinajstić information content (AvgIpc) is 2.16. The third-order valence-electron chi connectivity index (χ3n) is 1.30. The van der Waals surface area contributed by atoms with Gasteiger partial charge in [-0.15, -0.1) is 11.8 Å². The highest BCUT2D eigenvalue weighted by Crippen LogP contribution is 2.24. The van der Waals surface area contributed by atoms with Crippen molar-refractivity contribution in [1.29, 1.82) is 0 Å². The van der Waals surface area contributed by atoms with Crippen molar-refractivity contribution in [1.82, 2.24) is 4.98 Å². The normalized spacial score (nSPS) is 9.69. The third kappa shape index (κ3) is 3.24. The van der Waals surface area contributed by atoms with E-state index in [1.54, 1.807) is 12.3 Å². The van der Waals surface area contributed by atoms with E-state index in [2.05, 4.69) is 9.72 Å². The molecule has 1 rings (SSSR count). The number of methoxy groups -OCH3 is 1. The molecule has 1 aromatic heterocycles. The SMILES string of the molecule is COC(=O)CSc1cccnc1Cl. The van der Waals surface area contributed by atoms with Crippen molar-refractivity contribution in [3.63, 3.8) is 0 Å². The average molecular weight is 218 g/mol. The summed E-state index contributed by atoms with van der Waals surface area (Å²) in [6.07, 6.45) is 1.60. The van der Waals surface area contributed by atoms with Gasteiger partial charge in [-0.1, -0.05) is 11.6 Å². The van der Waals surface area contributed by atoms with Crippen molar-refractivity contribution >= 4 is 29.3 Å². The lowest BCUT2D eigenvalue weighted by atomic mass is 10.5. The second-order valence-electron chi connectivity index (χ2n) is 2.16. The highest BCUT2D eigenvalue weighted by Gasteiger charge is 2.04. The minimum Gasteiger partial charge on any atom is -0.468 e. The van der Waals surface area contributed by atoms with Crippen LogP contribution < -0.4 is 0 Å². The topological polar surface area (TPSA) is 39.2 Å². The van der Waals surface area contributed by atoms with Gasteiger partial charge in [0.15, 0.2) is 0 Å². The largest absolute Gasteiger partial charge is 0.468 e. The Morgan fingerprint density at radius 1 is 1.77 bits per heavy atom. The fraction of sp³-hybridized carbons (Fsp3) is 0.250. The van der Waals surface area contributed by atoms with Crippen LogP contribution in [0.15, 0.2) is 23.2 Å². The molecule has 0 spiro atoms. The maximum Gasteiger partial charge on any atom is 0.315 e. The smallest absolute Gasteiger partial charge is 0.315 e. The lowest BCUT2D eigenvalue weighted by Gasteiger charge is -2.00. The van der Waals surface area contributed by atoms with Gasteiger partial charge in [-0.2, -0.15) is 0 Å². The molecule has 5 heteroatoms. The number of carbonyl (C=O) groups excluding carboxylic acids is 1.